The van der Waals surface area contributed by atoms with Crippen LogP contribution in [0.5, 0.6) is 11.5 Å². The molecule has 0 amide bonds. The van der Waals surface area contributed by atoms with Crippen molar-refractivity contribution in [3.63, 3.8) is 0 Å². The van der Waals surface area contributed by atoms with Gasteiger partial charge in [0.1, 0.15) is 13.2 Å². The molecule has 160 valence electrons. The maximum Gasteiger partial charge on any atom is 0.306 e. The van der Waals surface area contributed by atoms with Crippen molar-refractivity contribution in [3.05, 3.63) is 102 Å². The van der Waals surface area contributed by atoms with E-state index >= 15 is 0 Å². The van der Waals surface area contributed by atoms with Gasteiger partial charge < -0.3 is 14.2 Å². The van der Waals surface area contributed by atoms with Crippen molar-refractivity contribution < 1.29 is 19.0 Å². The van der Waals surface area contributed by atoms with E-state index in [-0.39, 0.29) is 5.97 Å². The Kier molecular flexibility index (Phi) is 8.74. The van der Waals surface area contributed by atoms with Crippen molar-refractivity contribution in [1.29, 1.82) is 0 Å². The van der Waals surface area contributed by atoms with Crippen molar-refractivity contribution in [2.24, 2.45) is 0 Å². The van der Waals surface area contributed by atoms with Gasteiger partial charge in [0.2, 0.25) is 0 Å². The molecule has 0 aliphatic rings. The molecule has 0 fully saturated rings. The third-order valence-electron chi connectivity index (χ3n) is 4.57. The topological polar surface area (TPSA) is 44.8 Å². The predicted octanol–water partition coefficient (Wildman–Crippen LogP) is 6.20. The summed E-state index contributed by atoms with van der Waals surface area (Å²) in [5.74, 6) is 1.21. The lowest BCUT2D eigenvalue weighted by Crippen LogP contribution is -2.02. The fourth-order valence-electron chi connectivity index (χ4n) is 2.98. The number of esters is 1. The van der Waals surface area contributed by atoms with Crippen LogP contribution in [0.2, 0.25) is 0 Å². The second-order valence-corrected chi connectivity index (χ2v) is 7.00. The van der Waals surface area contributed by atoms with Crippen LogP contribution >= 0.6 is 0 Å². The van der Waals surface area contributed by atoms with Gasteiger partial charge in [0.25, 0.3) is 0 Å². The van der Waals surface area contributed by atoms with Gasteiger partial charge in [-0.3, -0.25) is 4.79 Å². The molecule has 0 aromatic heterocycles. The summed E-state index contributed by atoms with van der Waals surface area (Å²) in [7, 11) is 0. The van der Waals surface area contributed by atoms with E-state index < -0.39 is 0 Å². The lowest BCUT2D eigenvalue weighted by Gasteiger charge is -2.14. The maximum absolute atomic E-state index is 11.5. The second kappa shape index (κ2) is 12.2. The molecule has 0 aliphatic carbocycles. The molecule has 0 bridgehead atoms. The number of rotatable bonds is 11. The Morgan fingerprint density at radius 2 is 1.42 bits per heavy atom. The van der Waals surface area contributed by atoms with Crippen molar-refractivity contribution in [2.75, 3.05) is 6.61 Å². The molecule has 3 aromatic rings. The van der Waals surface area contributed by atoms with E-state index in [0.717, 1.165) is 16.7 Å². The van der Waals surface area contributed by atoms with Crippen LogP contribution in [0.3, 0.4) is 0 Å². The molecule has 0 aliphatic heterocycles. The summed E-state index contributed by atoms with van der Waals surface area (Å²) in [5.41, 5.74) is 3.17. The standard InChI is InChI=1S/C27H28O4/c1-2-29-27(28)16-10-9-11-22-17-18-25(30-20-23-12-5-3-6-13-23)26(19-22)31-21-24-14-7-4-8-15-24/h3-9,11-15,17-19H,2,10,16,20-21H2,1H3. The van der Waals surface area contributed by atoms with Gasteiger partial charge >= 0.3 is 5.97 Å². The molecule has 3 aromatic carbocycles. The SMILES string of the molecule is CCOC(=O)CCC=Cc1ccc(OCc2ccccc2)c(OCc2ccccc2)c1. The molecule has 4 nitrogen and oxygen atoms in total. The van der Waals surface area contributed by atoms with E-state index in [1.165, 1.54) is 0 Å². The van der Waals surface area contributed by atoms with E-state index in [0.29, 0.717) is 44.2 Å². The van der Waals surface area contributed by atoms with Gasteiger partial charge in [-0.25, -0.2) is 0 Å². The average molecular weight is 417 g/mol. The molecule has 0 saturated carbocycles. The van der Waals surface area contributed by atoms with Gasteiger partial charge in [-0.2, -0.15) is 0 Å². The first-order valence-corrected chi connectivity index (χ1v) is 10.5. The summed E-state index contributed by atoms with van der Waals surface area (Å²) in [5, 5.41) is 0. The second-order valence-electron chi connectivity index (χ2n) is 7.00. The summed E-state index contributed by atoms with van der Waals surface area (Å²) in [6.07, 6.45) is 4.96. The monoisotopic (exact) mass is 416 g/mol. The maximum atomic E-state index is 11.5. The van der Waals surface area contributed by atoms with E-state index in [4.69, 9.17) is 14.2 Å². The van der Waals surface area contributed by atoms with Crippen LogP contribution in [0.15, 0.2) is 84.9 Å². The zero-order valence-electron chi connectivity index (χ0n) is 17.8. The third kappa shape index (κ3) is 7.67. The Morgan fingerprint density at radius 1 is 0.806 bits per heavy atom. The molecule has 4 heteroatoms. The van der Waals surface area contributed by atoms with Crippen LogP contribution in [-0.2, 0) is 22.7 Å². The molecular weight excluding hydrogens is 388 g/mol. The number of hydrogen-bond acceptors (Lipinski definition) is 4. The van der Waals surface area contributed by atoms with Gasteiger partial charge in [0.05, 0.1) is 6.61 Å². The van der Waals surface area contributed by atoms with Crippen LogP contribution < -0.4 is 9.47 Å². The number of carbonyl (C=O) groups is 1. The lowest BCUT2D eigenvalue weighted by atomic mass is 10.1. The van der Waals surface area contributed by atoms with Crippen molar-refractivity contribution in [3.8, 4) is 11.5 Å². The number of allylic oxidation sites excluding steroid dienone is 1. The predicted molar refractivity (Wildman–Crippen MR) is 123 cm³/mol. The Hall–Kier alpha value is -3.53. The Labute approximate surface area is 184 Å². The minimum Gasteiger partial charge on any atom is -0.485 e. The molecule has 0 unspecified atom stereocenters. The summed E-state index contributed by atoms with van der Waals surface area (Å²) in [4.78, 5) is 11.5. The fourth-order valence-corrected chi connectivity index (χ4v) is 2.98. The van der Waals surface area contributed by atoms with Gasteiger partial charge in [0, 0.05) is 6.42 Å². The van der Waals surface area contributed by atoms with Crippen LogP contribution in [0.25, 0.3) is 6.08 Å². The summed E-state index contributed by atoms with van der Waals surface area (Å²) < 4.78 is 17.1. The van der Waals surface area contributed by atoms with E-state index in [2.05, 4.69) is 0 Å². The van der Waals surface area contributed by atoms with E-state index in [1.807, 2.05) is 97.9 Å². The largest absolute Gasteiger partial charge is 0.485 e. The molecule has 31 heavy (non-hydrogen) atoms. The summed E-state index contributed by atoms with van der Waals surface area (Å²) in [6.45, 7) is 3.15. The minimum atomic E-state index is -0.177. The number of benzene rings is 3. The molecule has 0 heterocycles. The molecule has 0 spiro atoms. The van der Waals surface area contributed by atoms with E-state index in [1.54, 1.807) is 0 Å². The Bertz CT molecular complexity index is 965. The highest BCUT2D eigenvalue weighted by molar-refractivity contribution is 5.69. The number of ether oxygens (including phenoxy) is 3. The van der Waals surface area contributed by atoms with Crippen LogP contribution in [-0.4, -0.2) is 12.6 Å². The number of hydrogen-bond donors (Lipinski definition) is 0. The van der Waals surface area contributed by atoms with Crippen molar-refractivity contribution in [2.45, 2.75) is 33.0 Å². The Morgan fingerprint density at radius 3 is 2.03 bits per heavy atom. The highest BCUT2D eigenvalue weighted by Crippen LogP contribution is 2.30. The molecule has 0 saturated heterocycles. The summed E-state index contributed by atoms with van der Waals surface area (Å²) >= 11 is 0. The average Bonchev–Trinajstić information content (AvgIpc) is 2.81. The normalized spacial score (nSPS) is 10.7. The first-order chi connectivity index (χ1) is 15.2. The van der Waals surface area contributed by atoms with Crippen LogP contribution in [0, 0.1) is 0 Å². The van der Waals surface area contributed by atoms with Crippen molar-refractivity contribution in [1.82, 2.24) is 0 Å². The fraction of sp³-hybridized carbons (Fsp3) is 0.222. The highest BCUT2D eigenvalue weighted by Gasteiger charge is 2.08. The highest BCUT2D eigenvalue weighted by atomic mass is 16.5. The molecule has 3 rings (SSSR count). The van der Waals surface area contributed by atoms with E-state index in [9.17, 15) is 4.79 Å². The molecule has 0 atom stereocenters. The quantitative estimate of drug-likeness (QED) is 0.349. The zero-order valence-corrected chi connectivity index (χ0v) is 17.8. The lowest BCUT2D eigenvalue weighted by molar-refractivity contribution is -0.142. The van der Waals surface area contributed by atoms with Crippen molar-refractivity contribution >= 4 is 12.0 Å². The zero-order chi connectivity index (χ0) is 21.7. The summed E-state index contributed by atoms with van der Waals surface area (Å²) in [6, 6.07) is 26.0. The molecule has 0 N–H and O–H groups in total. The van der Waals surface area contributed by atoms with Gasteiger partial charge in [-0.1, -0.05) is 78.9 Å². The Balaban J connectivity index is 1.68. The van der Waals surface area contributed by atoms with Gasteiger partial charge in [-0.05, 0) is 42.2 Å². The molecule has 0 radical (unpaired) electrons. The molecular formula is C27H28O4. The smallest absolute Gasteiger partial charge is 0.306 e. The van der Waals surface area contributed by atoms with Gasteiger partial charge in [-0.15, -0.1) is 0 Å². The number of carbonyl (C=O) groups excluding carboxylic acids is 1. The van der Waals surface area contributed by atoms with Crippen LogP contribution in [0.4, 0.5) is 0 Å². The third-order valence-corrected chi connectivity index (χ3v) is 4.57. The van der Waals surface area contributed by atoms with Crippen LogP contribution in [0.1, 0.15) is 36.5 Å². The van der Waals surface area contributed by atoms with Gasteiger partial charge in [0.15, 0.2) is 11.5 Å². The first kappa shape index (κ1) is 22.2. The first-order valence-electron chi connectivity index (χ1n) is 10.5. The minimum absolute atomic E-state index is 0.177.